The minimum absolute atomic E-state index is 0.0151. The number of benzene rings is 1. The van der Waals surface area contributed by atoms with Gasteiger partial charge in [-0.3, -0.25) is 20.2 Å². The van der Waals surface area contributed by atoms with Gasteiger partial charge in [0.25, 0.3) is 0 Å². The molecular formula is C18H18ClN5O4. The molecule has 10 heteroatoms. The van der Waals surface area contributed by atoms with Gasteiger partial charge in [0, 0.05) is 12.8 Å². The summed E-state index contributed by atoms with van der Waals surface area (Å²) in [6, 6.07) is 9.55. The molecule has 1 heterocycles. The molecule has 1 aromatic carbocycles. The second kappa shape index (κ2) is 8.77. The van der Waals surface area contributed by atoms with E-state index in [0.717, 1.165) is 5.56 Å². The Morgan fingerprint density at radius 1 is 1.29 bits per heavy atom. The van der Waals surface area contributed by atoms with Gasteiger partial charge in [0.2, 0.25) is 22.8 Å². The van der Waals surface area contributed by atoms with Gasteiger partial charge < -0.3 is 10.1 Å². The summed E-state index contributed by atoms with van der Waals surface area (Å²) < 4.78 is 5.73. The molecule has 0 spiro atoms. The lowest BCUT2D eigenvalue weighted by Crippen LogP contribution is -2.36. The number of hydrogen-bond acceptors (Lipinski definition) is 7. The maximum absolute atomic E-state index is 11.3. The zero-order chi connectivity index (χ0) is 20.1. The molecule has 1 aliphatic carbocycles. The zero-order valence-corrected chi connectivity index (χ0v) is 15.7. The van der Waals surface area contributed by atoms with Crippen LogP contribution in [0.3, 0.4) is 0 Å². The topological polar surface area (TPSA) is 119 Å². The van der Waals surface area contributed by atoms with Crippen molar-refractivity contribution >= 4 is 35.0 Å². The van der Waals surface area contributed by atoms with E-state index in [1.807, 2.05) is 42.5 Å². The third kappa shape index (κ3) is 4.81. The quantitative estimate of drug-likeness (QED) is 0.300. The van der Waals surface area contributed by atoms with Gasteiger partial charge in [-0.2, -0.15) is 9.97 Å². The molecule has 1 aliphatic rings. The van der Waals surface area contributed by atoms with Crippen molar-refractivity contribution in [1.29, 1.82) is 0 Å². The number of ether oxygens (including phenoxy) is 1. The Morgan fingerprint density at radius 3 is 2.64 bits per heavy atom. The van der Waals surface area contributed by atoms with Gasteiger partial charge in [-0.05, 0) is 5.56 Å². The fraction of sp³-hybridized carbons (Fsp3) is 0.278. The highest BCUT2D eigenvalue weighted by Crippen LogP contribution is 2.33. The molecule has 0 bridgehead atoms. The van der Waals surface area contributed by atoms with Crippen LogP contribution in [0, 0.1) is 16.0 Å². The maximum atomic E-state index is 11.3. The molecule has 146 valence electrons. The summed E-state index contributed by atoms with van der Waals surface area (Å²) in [4.78, 5) is 29.7. The molecule has 0 saturated heterocycles. The molecule has 9 nitrogen and oxygen atoms in total. The van der Waals surface area contributed by atoms with E-state index in [1.165, 1.54) is 6.92 Å². The van der Waals surface area contributed by atoms with E-state index < -0.39 is 16.5 Å². The smallest absolute Gasteiger partial charge is 0.348 e. The third-order valence-electron chi connectivity index (χ3n) is 4.06. The summed E-state index contributed by atoms with van der Waals surface area (Å²) in [5.41, 5.74) is 0.619. The van der Waals surface area contributed by atoms with Crippen LogP contribution in [0.1, 0.15) is 12.5 Å². The van der Waals surface area contributed by atoms with Crippen LogP contribution in [0.25, 0.3) is 0 Å². The first-order valence-electron chi connectivity index (χ1n) is 8.50. The molecule has 1 amide bonds. The van der Waals surface area contributed by atoms with Crippen molar-refractivity contribution in [3.05, 3.63) is 63.3 Å². The summed E-state index contributed by atoms with van der Waals surface area (Å²) in [7, 11) is 0. The lowest BCUT2D eigenvalue weighted by atomic mass is 9.89. The Hall–Kier alpha value is -3.04. The number of nitro groups is 1. The van der Waals surface area contributed by atoms with Gasteiger partial charge in [0.1, 0.15) is 0 Å². The van der Waals surface area contributed by atoms with Crippen LogP contribution >= 0.6 is 11.6 Å². The summed E-state index contributed by atoms with van der Waals surface area (Å²) in [5, 5.41) is 16.4. The summed E-state index contributed by atoms with van der Waals surface area (Å²) >= 11 is 5.92. The van der Waals surface area contributed by atoms with Crippen LogP contribution in [-0.2, 0) is 16.1 Å². The fourth-order valence-electron chi connectivity index (χ4n) is 2.64. The molecule has 0 fully saturated rings. The van der Waals surface area contributed by atoms with Gasteiger partial charge in [0.05, 0.1) is 24.2 Å². The predicted octanol–water partition coefficient (Wildman–Crippen LogP) is 3.18. The standard InChI is InChI=1S/C18H18ClN5O4/c1-11(25)20-18-22-16(19)15(24(26)27)17(23-18)21-14-8-7-13(14)10-28-9-12-5-3-2-4-6-12/h2-8,13-14H,9-10H2,1H3,(H2,20,21,22,23,25)/t13-,14-/m0/s1. The van der Waals surface area contributed by atoms with Gasteiger partial charge in [0.15, 0.2) is 0 Å². The first-order chi connectivity index (χ1) is 13.4. The van der Waals surface area contributed by atoms with Crippen molar-refractivity contribution in [2.45, 2.75) is 19.6 Å². The SMILES string of the molecule is CC(=O)Nc1nc(Cl)c([N+](=O)[O-])c(N[C@H]2C=C[C@H]2COCc2ccccc2)n1. The van der Waals surface area contributed by atoms with Crippen LogP contribution in [0.15, 0.2) is 42.5 Å². The number of rotatable bonds is 8. The largest absolute Gasteiger partial charge is 0.376 e. The van der Waals surface area contributed by atoms with Crippen LogP contribution in [-0.4, -0.2) is 33.4 Å². The van der Waals surface area contributed by atoms with E-state index in [9.17, 15) is 14.9 Å². The molecule has 0 aliphatic heterocycles. The van der Waals surface area contributed by atoms with Gasteiger partial charge in [-0.1, -0.05) is 54.1 Å². The third-order valence-corrected chi connectivity index (χ3v) is 4.33. The fourth-order valence-corrected chi connectivity index (χ4v) is 2.88. The van der Waals surface area contributed by atoms with Gasteiger partial charge in [-0.25, -0.2) is 0 Å². The number of hydrogen-bond donors (Lipinski definition) is 2. The van der Waals surface area contributed by atoms with Gasteiger partial charge >= 0.3 is 5.69 Å². The first-order valence-corrected chi connectivity index (χ1v) is 8.88. The van der Waals surface area contributed by atoms with E-state index in [2.05, 4.69) is 20.6 Å². The maximum Gasteiger partial charge on any atom is 0.348 e. The van der Waals surface area contributed by atoms with E-state index in [1.54, 1.807) is 0 Å². The number of carbonyl (C=O) groups is 1. The highest BCUT2D eigenvalue weighted by molar-refractivity contribution is 6.32. The Morgan fingerprint density at radius 2 is 2.04 bits per heavy atom. The molecule has 2 N–H and O–H groups in total. The highest BCUT2D eigenvalue weighted by Gasteiger charge is 2.30. The number of anilines is 2. The lowest BCUT2D eigenvalue weighted by Gasteiger charge is -2.30. The summed E-state index contributed by atoms with van der Waals surface area (Å²) in [6.07, 6.45) is 3.81. The van der Waals surface area contributed by atoms with Crippen molar-refractivity contribution in [2.24, 2.45) is 5.92 Å². The van der Waals surface area contributed by atoms with E-state index in [4.69, 9.17) is 16.3 Å². The van der Waals surface area contributed by atoms with Crippen LogP contribution in [0.4, 0.5) is 17.5 Å². The second-order valence-electron chi connectivity index (χ2n) is 6.19. The van der Waals surface area contributed by atoms with Crippen LogP contribution in [0.5, 0.6) is 0 Å². The molecule has 0 radical (unpaired) electrons. The Labute approximate surface area is 165 Å². The number of nitrogens with one attached hydrogen (secondary N) is 2. The Bertz CT molecular complexity index is 906. The number of halogens is 1. The highest BCUT2D eigenvalue weighted by atomic mass is 35.5. The zero-order valence-electron chi connectivity index (χ0n) is 15.0. The number of amides is 1. The van der Waals surface area contributed by atoms with E-state index in [-0.39, 0.29) is 28.9 Å². The first kappa shape index (κ1) is 19.7. The minimum atomic E-state index is -0.661. The van der Waals surface area contributed by atoms with Crippen molar-refractivity contribution in [3.8, 4) is 0 Å². The minimum Gasteiger partial charge on any atom is -0.376 e. The van der Waals surface area contributed by atoms with Crippen molar-refractivity contribution < 1.29 is 14.5 Å². The monoisotopic (exact) mass is 403 g/mol. The average Bonchev–Trinajstić information content (AvgIpc) is 2.62. The molecular weight excluding hydrogens is 386 g/mol. The number of aromatic nitrogens is 2. The van der Waals surface area contributed by atoms with Crippen molar-refractivity contribution in [3.63, 3.8) is 0 Å². The molecule has 2 atom stereocenters. The van der Waals surface area contributed by atoms with E-state index >= 15 is 0 Å². The molecule has 3 rings (SSSR count). The van der Waals surface area contributed by atoms with Gasteiger partial charge in [-0.15, -0.1) is 0 Å². The summed E-state index contributed by atoms with van der Waals surface area (Å²) in [6.45, 7) is 2.19. The number of nitrogens with zero attached hydrogens (tertiary/aromatic N) is 3. The molecule has 0 saturated carbocycles. The Kier molecular flexibility index (Phi) is 6.17. The summed E-state index contributed by atoms with van der Waals surface area (Å²) in [5.74, 6) is -0.560. The predicted molar refractivity (Wildman–Crippen MR) is 104 cm³/mol. The molecule has 1 aromatic heterocycles. The normalized spacial score (nSPS) is 17.6. The molecule has 0 unspecified atom stereocenters. The van der Waals surface area contributed by atoms with Crippen molar-refractivity contribution in [1.82, 2.24) is 9.97 Å². The lowest BCUT2D eigenvalue weighted by molar-refractivity contribution is -0.384. The van der Waals surface area contributed by atoms with Crippen LogP contribution < -0.4 is 10.6 Å². The number of carbonyl (C=O) groups excluding carboxylic acids is 1. The Balaban J connectivity index is 1.66. The molecule has 2 aromatic rings. The molecule has 28 heavy (non-hydrogen) atoms. The van der Waals surface area contributed by atoms with Crippen molar-refractivity contribution in [2.75, 3.05) is 17.2 Å². The van der Waals surface area contributed by atoms with Crippen LogP contribution in [0.2, 0.25) is 5.15 Å². The van der Waals surface area contributed by atoms with E-state index in [0.29, 0.717) is 13.2 Å². The second-order valence-corrected chi connectivity index (χ2v) is 6.55. The average molecular weight is 404 g/mol.